The number of Topliss-reactive ketones (excluding diaryl/α,β-unsaturated/α-hetero) is 2. The van der Waals surface area contributed by atoms with Gasteiger partial charge in [0.1, 0.15) is 5.78 Å². The molecule has 1 aromatic rings. The van der Waals surface area contributed by atoms with Gasteiger partial charge in [-0.25, -0.2) is 0 Å². The quantitative estimate of drug-likeness (QED) is 0.642. The molecule has 2 N–H and O–H groups in total. The van der Waals surface area contributed by atoms with E-state index < -0.39 is 0 Å². The summed E-state index contributed by atoms with van der Waals surface area (Å²) in [6.07, 6.45) is 0.511. The third-order valence-corrected chi connectivity index (χ3v) is 3.66. The zero-order chi connectivity index (χ0) is 13.7. The van der Waals surface area contributed by atoms with E-state index in [1.807, 2.05) is 13.8 Å². The van der Waals surface area contributed by atoms with Gasteiger partial charge < -0.3 is 0 Å². The van der Waals surface area contributed by atoms with Gasteiger partial charge in [-0.2, -0.15) is 0 Å². The summed E-state index contributed by atoms with van der Waals surface area (Å²) in [5.74, 6) is 0.0138. The van der Waals surface area contributed by atoms with Crippen molar-refractivity contribution < 1.29 is 9.59 Å². The smallest absolute Gasteiger partial charge is 0.163 e. The topological polar surface area (TPSA) is 60.2 Å². The van der Waals surface area contributed by atoms with E-state index in [-0.39, 0.29) is 30.3 Å². The van der Waals surface area contributed by atoms with Crippen LogP contribution in [0.15, 0.2) is 23.1 Å². The number of hydrogen-bond acceptors (Lipinski definition) is 4. The molecule has 0 unspecified atom stereocenters. The first-order valence-corrected chi connectivity index (χ1v) is 6.93. The molecule has 0 saturated carbocycles. The van der Waals surface area contributed by atoms with Crippen molar-refractivity contribution in [3.05, 3.63) is 28.8 Å². The Bertz CT molecular complexity index is 460. The third kappa shape index (κ3) is 4.12. The van der Waals surface area contributed by atoms with Crippen molar-refractivity contribution in [3.8, 4) is 0 Å². The van der Waals surface area contributed by atoms with E-state index in [0.717, 1.165) is 11.9 Å². The molecule has 0 atom stereocenters. The highest BCUT2D eigenvalue weighted by Crippen LogP contribution is 2.25. The normalized spacial score (nSPS) is 10.7. The maximum atomic E-state index is 11.9. The second-order valence-corrected chi connectivity index (χ2v) is 5.39. The highest BCUT2D eigenvalue weighted by Gasteiger charge is 2.13. The first kappa shape index (κ1) is 15.2. The van der Waals surface area contributed by atoms with Crippen molar-refractivity contribution in [1.29, 1.82) is 0 Å². The molecule has 0 bridgehead atoms. The molecule has 0 amide bonds. The minimum Gasteiger partial charge on any atom is -0.299 e. The molecule has 5 heteroatoms. The van der Waals surface area contributed by atoms with Gasteiger partial charge in [0.05, 0.1) is 5.02 Å². The Morgan fingerprint density at radius 2 is 2.00 bits per heavy atom. The number of carbonyl (C=O) groups excluding carboxylic acids is 2. The number of carbonyl (C=O) groups is 2. The summed E-state index contributed by atoms with van der Waals surface area (Å²) in [5.41, 5.74) is 0.545. The molecule has 18 heavy (non-hydrogen) atoms. The van der Waals surface area contributed by atoms with Crippen LogP contribution >= 0.6 is 23.5 Å². The molecule has 0 aliphatic heterocycles. The third-order valence-electron chi connectivity index (χ3n) is 2.62. The number of nitrogens with two attached hydrogens (primary N) is 1. The summed E-state index contributed by atoms with van der Waals surface area (Å²) >= 11 is 6.91. The van der Waals surface area contributed by atoms with E-state index >= 15 is 0 Å². The Kier molecular flexibility index (Phi) is 5.85. The standard InChI is InChI=1S/C13H16ClNO2S/c1-8(2)11(16)5-6-12(17)9-3-4-10(14)13(7-9)18-15/h3-4,7-8H,5-6,15H2,1-2H3. The van der Waals surface area contributed by atoms with Crippen LogP contribution in [0.3, 0.4) is 0 Å². The molecule has 0 fully saturated rings. The summed E-state index contributed by atoms with van der Waals surface area (Å²) in [4.78, 5) is 24.0. The maximum Gasteiger partial charge on any atom is 0.163 e. The lowest BCUT2D eigenvalue weighted by Crippen LogP contribution is -2.10. The Labute approximate surface area is 116 Å². The van der Waals surface area contributed by atoms with Crippen LogP contribution in [0.25, 0.3) is 0 Å². The molecule has 0 aromatic heterocycles. The fourth-order valence-electron chi connectivity index (χ4n) is 1.44. The van der Waals surface area contributed by atoms with Gasteiger partial charge in [-0.1, -0.05) is 25.4 Å². The van der Waals surface area contributed by atoms with Gasteiger partial charge in [0.25, 0.3) is 0 Å². The Morgan fingerprint density at radius 1 is 1.33 bits per heavy atom. The highest BCUT2D eigenvalue weighted by molar-refractivity contribution is 7.97. The Morgan fingerprint density at radius 3 is 2.56 bits per heavy atom. The average Bonchev–Trinajstić information content (AvgIpc) is 2.35. The number of benzene rings is 1. The minimum absolute atomic E-state index is 0.0295. The largest absolute Gasteiger partial charge is 0.299 e. The summed E-state index contributed by atoms with van der Waals surface area (Å²) in [5, 5.41) is 5.97. The van der Waals surface area contributed by atoms with Crippen LogP contribution in [0.1, 0.15) is 37.0 Å². The molecule has 1 rings (SSSR count). The molecule has 0 heterocycles. The maximum absolute atomic E-state index is 11.9. The lowest BCUT2D eigenvalue weighted by Gasteiger charge is -2.06. The second kappa shape index (κ2) is 6.92. The summed E-state index contributed by atoms with van der Waals surface area (Å²) < 4.78 is 0. The highest BCUT2D eigenvalue weighted by atomic mass is 35.5. The average molecular weight is 286 g/mol. The fraction of sp³-hybridized carbons (Fsp3) is 0.385. The lowest BCUT2D eigenvalue weighted by atomic mass is 10.0. The molecule has 0 radical (unpaired) electrons. The van der Waals surface area contributed by atoms with Crippen molar-refractivity contribution in [2.75, 3.05) is 0 Å². The van der Waals surface area contributed by atoms with E-state index in [0.29, 0.717) is 15.5 Å². The van der Waals surface area contributed by atoms with Gasteiger partial charge in [0, 0.05) is 29.2 Å². The number of rotatable bonds is 6. The molecule has 3 nitrogen and oxygen atoms in total. The van der Waals surface area contributed by atoms with Crippen molar-refractivity contribution in [1.82, 2.24) is 0 Å². The molecule has 0 spiro atoms. The van der Waals surface area contributed by atoms with Crippen LogP contribution in [-0.2, 0) is 4.79 Å². The van der Waals surface area contributed by atoms with Gasteiger partial charge in [-0.15, -0.1) is 0 Å². The second-order valence-electron chi connectivity index (χ2n) is 4.31. The molecule has 98 valence electrons. The van der Waals surface area contributed by atoms with E-state index in [9.17, 15) is 9.59 Å². The zero-order valence-corrected chi connectivity index (χ0v) is 12.0. The van der Waals surface area contributed by atoms with Crippen molar-refractivity contribution in [2.24, 2.45) is 11.1 Å². The van der Waals surface area contributed by atoms with Crippen LogP contribution in [0.4, 0.5) is 0 Å². The van der Waals surface area contributed by atoms with Gasteiger partial charge in [0.2, 0.25) is 0 Å². The summed E-state index contributed by atoms with van der Waals surface area (Å²) in [6, 6.07) is 4.97. The predicted octanol–water partition coefficient (Wildman–Crippen LogP) is 3.49. The van der Waals surface area contributed by atoms with E-state index in [1.165, 1.54) is 0 Å². The first-order chi connectivity index (χ1) is 8.45. The number of halogens is 1. The monoisotopic (exact) mass is 285 g/mol. The zero-order valence-electron chi connectivity index (χ0n) is 10.4. The van der Waals surface area contributed by atoms with Crippen molar-refractivity contribution in [2.45, 2.75) is 31.6 Å². The van der Waals surface area contributed by atoms with Crippen LogP contribution in [-0.4, -0.2) is 11.6 Å². The minimum atomic E-state index is -0.0593. The van der Waals surface area contributed by atoms with Crippen LogP contribution in [0.2, 0.25) is 5.02 Å². The van der Waals surface area contributed by atoms with Crippen molar-refractivity contribution >= 4 is 35.1 Å². The predicted molar refractivity (Wildman–Crippen MR) is 74.9 cm³/mol. The molecular weight excluding hydrogens is 270 g/mol. The van der Waals surface area contributed by atoms with Gasteiger partial charge in [0.15, 0.2) is 5.78 Å². The van der Waals surface area contributed by atoms with Crippen molar-refractivity contribution in [3.63, 3.8) is 0 Å². The van der Waals surface area contributed by atoms with E-state index in [4.69, 9.17) is 16.7 Å². The van der Waals surface area contributed by atoms with E-state index in [2.05, 4.69) is 0 Å². The first-order valence-electron chi connectivity index (χ1n) is 5.68. The van der Waals surface area contributed by atoms with Crippen LogP contribution in [0.5, 0.6) is 0 Å². The summed E-state index contributed by atoms with van der Waals surface area (Å²) in [6.45, 7) is 3.66. The molecule has 1 aromatic carbocycles. The molecule has 0 aliphatic rings. The fourth-order valence-corrected chi connectivity index (χ4v) is 2.06. The van der Waals surface area contributed by atoms with E-state index in [1.54, 1.807) is 18.2 Å². The molecule has 0 saturated heterocycles. The Balaban J connectivity index is 2.70. The van der Waals surface area contributed by atoms with Crippen LogP contribution in [0, 0.1) is 5.92 Å². The number of hydrogen-bond donors (Lipinski definition) is 1. The lowest BCUT2D eigenvalue weighted by molar-refractivity contribution is -0.121. The van der Waals surface area contributed by atoms with Gasteiger partial charge >= 0.3 is 0 Å². The summed E-state index contributed by atoms with van der Waals surface area (Å²) in [7, 11) is 0. The van der Waals surface area contributed by atoms with Gasteiger partial charge in [-0.05, 0) is 30.1 Å². The van der Waals surface area contributed by atoms with Gasteiger partial charge in [-0.3, -0.25) is 14.7 Å². The molecular formula is C13H16ClNO2S. The SMILES string of the molecule is CC(C)C(=O)CCC(=O)c1ccc(Cl)c(SN)c1. The number of ketones is 2. The molecule has 0 aliphatic carbocycles. The Hall–Kier alpha value is -0.840. The van der Waals surface area contributed by atoms with Crippen LogP contribution < -0.4 is 5.14 Å².